The van der Waals surface area contributed by atoms with Gasteiger partial charge in [-0.3, -0.25) is 0 Å². The zero-order valence-corrected chi connectivity index (χ0v) is 24.0. The van der Waals surface area contributed by atoms with Crippen LogP contribution in [0.1, 0.15) is 0 Å². The Balaban J connectivity index is 0.00000267. The second-order valence-electron chi connectivity index (χ2n) is 9.91. The number of aromatic nitrogens is 8. The van der Waals surface area contributed by atoms with Crippen molar-refractivity contribution in [2.45, 2.75) is 0 Å². The Morgan fingerprint density at radius 2 is 0.786 bits per heavy atom. The average molecular weight is 597 g/mol. The molecule has 3 aromatic heterocycles. The van der Waals surface area contributed by atoms with Crippen molar-refractivity contribution in [2.24, 2.45) is 0 Å². The standard InChI is InChI=1S/C32H17ClN8.Ti/c33-23-15-7-14-22-24(23)32-40-30-21-13-6-5-12-20(21)28(38-30)36-26-17-9-2-1-8-16(17)25(34-26)35-27-18-10-3-4-11-19(18)29(37-27)39-31(22)41-32;/h1-15H,(H2,34,35,36,37,38,39,40,41);. The van der Waals surface area contributed by atoms with Gasteiger partial charge in [0.1, 0.15) is 22.6 Å². The Hall–Kier alpha value is -4.76. The molecule has 9 rings (SSSR count). The number of rotatable bonds is 0. The van der Waals surface area contributed by atoms with Crippen LogP contribution in [0, 0.1) is 0 Å². The summed E-state index contributed by atoms with van der Waals surface area (Å²) in [6, 6.07) is 29.7. The number of benzene rings is 4. The summed E-state index contributed by atoms with van der Waals surface area (Å²) < 4.78 is 0. The maximum Gasteiger partial charge on any atom is 0.164 e. The van der Waals surface area contributed by atoms with Gasteiger partial charge < -0.3 is 9.97 Å². The molecule has 0 amide bonds. The molecule has 2 aliphatic heterocycles. The van der Waals surface area contributed by atoms with Crippen LogP contribution >= 0.6 is 11.6 Å². The van der Waals surface area contributed by atoms with E-state index in [2.05, 4.69) is 9.97 Å². The summed E-state index contributed by atoms with van der Waals surface area (Å²) in [6.45, 7) is 0. The van der Waals surface area contributed by atoms with Crippen molar-refractivity contribution in [1.29, 1.82) is 0 Å². The number of aromatic amines is 2. The quantitative estimate of drug-likeness (QED) is 0.175. The first-order valence-electron chi connectivity index (χ1n) is 13.1. The molecule has 0 spiro atoms. The van der Waals surface area contributed by atoms with Gasteiger partial charge in [0, 0.05) is 65.5 Å². The van der Waals surface area contributed by atoms with Crippen molar-refractivity contribution in [3.8, 4) is 45.6 Å². The number of halogens is 1. The smallest absolute Gasteiger partial charge is 0.164 e. The van der Waals surface area contributed by atoms with Crippen LogP contribution in [0.4, 0.5) is 0 Å². The predicted molar refractivity (Wildman–Crippen MR) is 161 cm³/mol. The van der Waals surface area contributed by atoms with Crippen LogP contribution < -0.4 is 0 Å². The van der Waals surface area contributed by atoms with Crippen molar-refractivity contribution in [2.75, 3.05) is 0 Å². The van der Waals surface area contributed by atoms with Gasteiger partial charge in [0.15, 0.2) is 23.3 Å². The van der Waals surface area contributed by atoms with Gasteiger partial charge in [-0.25, -0.2) is 29.9 Å². The van der Waals surface area contributed by atoms with Crippen LogP contribution in [-0.4, -0.2) is 39.9 Å². The Morgan fingerprint density at radius 3 is 1.29 bits per heavy atom. The van der Waals surface area contributed by atoms with Gasteiger partial charge in [0.05, 0.1) is 5.02 Å². The molecule has 8 bridgehead atoms. The first-order chi connectivity index (χ1) is 20.2. The maximum absolute atomic E-state index is 6.73. The summed E-state index contributed by atoms with van der Waals surface area (Å²) in [4.78, 5) is 36.6. The molecule has 0 atom stereocenters. The molecule has 7 aromatic rings. The fourth-order valence-corrected chi connectivity index (χ4v) is 5.91. The monoisotopic (exact) mass is 596 g/mol. The number of hydrogen-bond acceptors (Lipinski definition) is 6. The minimum Gasteiger partial charge on any atom is -0.324 e. The zero-order chi connectivity index (χ0) is 27.1. The molecule has 196 valence electrons. The van der Waals surface area contributed by atoms with E-state index in [1.165, 1.54) is 0 Å². The van der Waals surface area contributed by atoms with Gasteiger partial charge in [0.2, 0.25) is 0 Å². The van der Waals surface area contributed by atoms with Crippen molar-refractivity contribution in [3.63, 3.8) is 0 Å². The summed E-state index contributed by atoms with van der Waals surface area (Å²) in [5.41, 5.74) is 6.09. The molecule has 0 saturated carbocycles. The molecule has 4 aromatic carbocycles. The van der Waals surface area contributed by atoms with Gasteiger partial charge in [0.25, 0.3) is 0 Å². The maximum atomic E-state index is 6.73. The average Bonchev–Trinajstić information content (AvgIpc) is 3.73. The van der Waals surface area contributed by atoms with E-state index in [0.717, 1.165) is 43.8 Å². The second kappa shape index (κ2) is 9.39. The fourth-order valence-electron chi connectivity index (χ4n) is 5.65. The van der Waals surface area contributed by atoms with Gasteiger partial charge >= 0.3 is 0 Å². The normalized spacial score (nSPS) is 11.7. The van der Waals surface area contributed by atoms with Gasteiger partial charge in [-0.15, -0.1) is 0 Å². The minimum absolute atomic E-state index is 0. The molecule has 5 heterocycles. The topological polar surface area (TPSA) is 109 Å². The first kappa shape index (κ1) is 25.0. The molecule has 2 N–H and O–H groups in total. The van der Waals surface area contributed by atoms with E-state index in [4.69, 9.17) is 41.5 Å². The van der Waals surface area contributed by atoms with Gasteiger partial charge in [-0.1, -0.05) is 96.5 Å². The molecule has 0 saturated heterocycles. The van der Waals surface area contributed by atoms with Crippen LogP contribution in [0.2, 0.25) is 5.02 Å². The Kier molecular flexibility index (Phi) is 5.59. The largest absolute Gasteiger partial charge is 0.324 e. The molecule has 10 heteroatoms. The minimum atomic E-state index is 0. The number of hydrogen-bond donors (Lipinski definition) is 2. The fraction of sp³-hybridized carbons (Fsp3) is 0. The van der Waals surface area contributed by atoms with Crippen LogP contribution in [-0.2, 0) is 21.7 Å². The number of fused-ring (bicyclic) bond motifs is 20. The second-order valence-corrected chi connectivity index (χ2v) is 10.3. The third kappa shape index (κ3) is 3.66. The van der Waals surface area contributed by atoms with E-state index in [-0.39, 0.29) is 21.7 Å². The third-order valence-electron chi connectivity index (χ3n) is 7.53. The molecular formula is C32H17ClN8Ti. The van der Waals surface area contributed by atoms with Crippen molar-refractivity contribution in [3.05, 3.63) is 96.0 Å². The van der Waals surface area contributed by atoms with Crippen molar-refractivity contribution in [1.82, 2.24) is 39.9 Å². The number of H-pyrrole nitrogens is 2. The van der Waals surface area contributed by atoms with Crippen molar-refractivity contribution >= 4 is 55.7 Å². The van der Waals surface area contributed by atoms with Crippen LogP contribution in [0.5, 0.6) is 0 Å². The van der Waals surface area contributed by atoms with Crippen molar-refractivity contribution < 1.29 is 21.7 Å². The van der Waals surface area contributed by atoms with Gasteiger partial charge in [-0.05, 0) is 6.07 Å². The van der Waals surface area contributed by atoms with E-state index in [1.54, 1.807) is 0 Å². The predicted octanol–water partition coefficient (Wildman–Crippen LogP) is 7.52. The Morgan fingerprint density at radius 1 is 0.405 bits per heavy atom. The summed E-state index contributed by atoms with van der Waals surface area (Å²) >= 11 is 6.73. The summed E-state index contributed by atoms with van der Waals surface area (Å²) in [7, 11) is 0. The molecule has 42 heavy (non-hydrogen) atoms. The van der Waals surface area contributed by atoms with Gasteiger partial charge in [-0.2, -0.15) is 0 Å². The molecule has 0 fully saturated rings. The van der Waals surface area contributed by atoms with E-state index in [0.29, 0.717) is 50.9 Å². The molecule has 8 nitrogen and oxygen atoms in total. The molecular weight excluding hydrogens is 580 g/mol. The third-order valence-corrected chi connectivity index (χ3v) is 7.84. The first-order valence-corrected chi connectivity index (χ1v) is 13.5. The zero-order valence-electron chi connectivity index (χ0n) is 21.7. The van der Waals surface area contributed by atoms with Crippen LogP contribution in [0.15, 0.2) is 91.0 Å². The summed E-state index contributed by atoms with van der Waals surface area (Å²) in [5.74, 6) is 2.24. The summed E-state index contributed by atoms with van der Waals surface area (Å²) in [5, 5.41) is 4.05. The number of nitrogens with one attached hydrogen (secondary N) is 2. The molecule has 2 aliphatic rings. The summed E-state index contributed by atoms with van der Waals surface area (Å²) in [6.07, 6.45) is 0. The van der Waals surface area contributed by atoms with Crippen LogP contribution in [0.3, 0.4) is 0 Å². The van der Waals surface area contributed by atoms with E-state index < -0.39 is 0 Å². The van der Waals surface area contributed by atoms with E-state index in [9.17, 15) is 0 Å². The molecule has 0 aliphatic carbocycles. The Labute approximate surface area is 257 Å². The Bertz CT molecular complexity index is 2410. The molecule has 0 unspecified atom stereocenters. The number of nitrogens with zero attached hydrogens (tertiary/aromatic N) is 6. The van der Waals surface area contributed by atoms with E-state index >= 15 is 0 Å². The SMILES string of the molecule is Clc1cccc2c3nc4nc(nc5[nH]c(nc6nc(nc([nH]3)c12)-c1ccccc1-6)c1ccccc51)-c1ccccc1-4.[Ti]. The van der Waals surface area contributed by atoms with Crippen LogP contribution in [0.25, 0.3) is 89.7 Å². The van der Waals surface area contributed by atoms with E-state index in [1.807, 2.05) is 91.0 Å². The molecule has 0 radical (unpaired) electrons.